The quantitative estimate of drug-likeness (QED) is 0.641. The molecule has 1 atom stereocenters. The van der Waals surface area contributed by atoms with Crippen LogP contribution in [0.3, 0.4) is 0 Å². The minimum absolute atomic E-state index is 0.0416. The van der Waals surface area contributed by atoms with Gasteiger partial charge in [-0.3, -0.25) is 4.79 Å². The lowest BCUT2D eigenvalue weighted by atomic mass is 10.0. The van der Waals surface area contributed by atoms with Gasteiger partial charge in [-0.15, -0.1) is 0 Å². The van der Waals surface area contributed by atoms with Crippen molar-refractivity contribution in [1.82, 2.24) is 10.2 Å². The summed E-state index contributed by atoms with van der Waals surface area (Å²) in [7, 11) is 3.88. The van der Waals surface area contributed by atoms with Crippen molar-refractivity contribution in [3.8, 4) is 0 Å². The van der Waals surface area contributed by atoms with E-state index in [2.05, 4.69) is 36.5 Å². The van der Waals surface area contributed by atoms with Crippen molar-refractivity contribution in [1.29, 1.82) is 0 Å². The number of hydrogen-bond acceptors (Lipinski definition) is 4. The molecule has 0 aromatic heterocycles. The second kappa shape index (κ2) is 11.0. The highest BCUT2D eigenvalue weighted by atomic mass is 19.4. The first-order valence-corrected chi connectivity index (χ1v) is 11.2. The molecule has 3 rings (SSSR count). The molecule has 0 saturated carbocycles. The van der Waals surface area contributed by atoms with E-state index in [1.807, 2.05) is 23.9 Å². The lowest BCUT2D eigenvalue weighted by Crippen LogP contribution is -2.38. The molecule has 2 aromatic rings. The molecular weight excluding hydrogens is 431 g/mol. The monoisotopic (exact) mass is 463 g/mol. The van der Waals surface area contributed by atoms with Gasteiger partial charge >= 0.3 is 6.18 Å². The molecule has 0 bridgehead atoms. The van der Waals surface area contributed by atoms with Gasteiger partial charge in [-0.05, 0) is 55.4 Å². The fourth-order valence-electron chi connectivity index (χ4n) is 4.04. The lowest BCUT2D eigenvalue weighted by molar-refractivity contribution is -0.137. The minimum Gasteiger partial charge on any atom is -0.378 e. The minimum atomic E-state index is -4.46. The van der Waals surface area contributed by atoms with Gasteiger partial charge in [0.25, 0.3) is 0 Å². The third kappa shape index (κ3) is 6.71. The maximum atomic E-state index is 13.3. The second-order valence-corrected chi connectivity index (χ2v) is 8.50. The number of benzene rings is 2. The van der Waals surface area contributed by atoms with Crippen LogP contribution in [0, 0.1) is 0 Å². The zero-order valence-corrected chi connectivity index (χ0v) is 19.4. The molecule has 1 unspecified atom stereocenters. The van der Waals surface area contributed by atoms with Gasteiger partial charge in [0.15, 0.2) is 0 Å². The molecule has 2 aromatic carbocycles. The Hall–Kier alpha value is -2.58. The third-order valence-electron chi connectivity index (χ3n) is 6.00. The predicted octanol–water partition coefficient (Wildman–Crippen LogP) is 4.07. The molecule has 1 amide bonds. The number of nitrogens with one attached hydrogen (secondary N) is 1. The fraction of sp³-hybridized carbons (Fsp3) is 0.480. The average molecular weight is 464 g/mol. The van der Waals surface area contributed by atoms with Crippen LogP contribution in [0.15, 0.2) is 42.5 Å². The summed E-state index contributed by atoms with van der Waals surface area (Å²) in [5.41, 5.74) is 2.59. The number of alkyl halides is 3. The largest absolute Gasteiger partial charge is 0.416 e. The summed E-state index contributed by atoms with van der Waals surface area (Å²) in [5.74, 6) is -0.305. The third-order valence-corrected chi connectivity index (χ3v) is 6.00. The van der Waals surface area contributed by atoms with Gasteiger partial charge in [-0.2, -0.15) is 13.2 Å². The highest BCUT2D eigenvalue weighted by Gasteiger charge is 2.32. The smallest absolute Gasteiger partial charge is 0.378 e. The summed E-state index contributed by atoms with van der Waals surface area (Å²) in [6.07, 6.45) is -3.63. The van der Waals surface area contributed by atoms with Crippen LogP contribution in [0.25, 0.3) is 0 Å². The zero-order valence-electron chi connectivity index (χ0n) is 19.4. The van der Waals surface area contributed by atoms with E-state index in [1.165, 1.54) is 11.6 Å². The van der Waals surface area contributed by atoms with E-state index in [4.69, 9.17) is 4.74 Å². The van der Waals surface area contributed by atoms with Crippen molar-refractivity contribution >= 4 is 11.6 Å². The van der Waals surface area contributed by atoms with Gasteiger partial charge in [0.2, 0.25) is 5.91 Å². The van der Waals surface area contributed by atoms with Gasteiger partial charge in [-0.25, -0.2) is 0 Å². The van der Waals surface area contributed by atoms with Gasteiger partial charge < -0.3 is 19.9 Å². The van der Waals surface area contributed by atoms with Crippen molar-refractivity contribution < 1.29 is 22.7 Å². The van der Waals surface area contributed by atoms with Crippen molar-refractivity contribution in [2.75, 3.05) is 51.8 Å². The molecule has 180 valence electrons. The number of aryl methyl sites for hydroxylation is 1. The number of ether oxygens (including phenoxy) is 1. The van der Waals surface area contributed by atoms with E-state index in [-0.39, 0.29) is 18.4 Å². The molecule has 1 N–H and O–H groups in total. The number of rotatable bonds is 8. The van der Waals surface area contributed by atoms with E-state index < -0.39 is 11.7 Å². The molecular formula is C25H32F3N3O2. The molecule has 1 aliphatic rings. The van der Waals surface area contributed by atoms with Gasteiger partial charge in [0.05, 0.1) is 31.2 Å². The Labute approximate surface area is 193 Å². The number of carbonyl (C=O) groups is 1. The Bertz CT molecular complexity index is 923. The summed E-state index contributed by atoms with van der Waals surface area (Å²) in [4.78, 5) is 16.8. The van der Waals surface area contributed by atoms with Gasteiger partial charge in [0.1, 0.15) is 0 Å². The van der Waals surface area contributed by atoms with Crippen molar-refractivity contribution in [3.05, 3.63) is 64.7 Å². The number of nitrogens with zero attached hydrogens (tertiary/aromatic N) is 2. The Balaban J connectivity index is 1.74. The van der Waals surface area contributed by atoms with Gasteiger partial charge in [-0.1, -0.05) is 31.2 Å². The summed E-state index contributed by atoms with van der Waals surface area (Å²) in [6, 6.07) is 11.9. The average Bonchev–Trinajstić information content (AvgIpc) is 2.79. The molecule has 1 aliphatic heterocycles. The Kier molecular flexibility index (Phi) is 8.37. The van der Waals surface area contributed by atoms with E-state index >= 15 is 0 Å². The Morgan fingerprint density at radius 2 is 1.79 bits per heavy atom. The number of amides is 1. The van der Waals surface area contributed by atoms with E-state index in [9.17, 15) is 18.0 Å². The number of anilines is 1. The first-order chi connectivity index (χ1) is 15.7. The first-order valence-electron chi connectivity index (χ1n) is 11.2. The SMILES string of the molecule is CCc1ccc(C(CNC(=O)Cc2cc(C(F)(F)F)ccc2N2CCOCC2)N(C)C)cc1. The summed E-state index contributed by atoms with van der Waals surface area (Å²) in [5, 5.41) is 2.92. The van der Waals surface area contributed by atoms with Crippen LogP contribution in [-0.4, -0.2) is 57.8 Å². The summed E-state index contributed by atoms with van der Waals surface area (Å²) >= 11 is 0. The van der Waals surface area contributed by atoms with Crippen LogP contribution in [0.1, 0.15) is 35.2 Å². The topological polar surface area (TPSA) is 44.8 Å². The van der Waals surface area contributed by atoms with Crippen molar-refractivity contribution in [2.45, 2.75) is 32.0 Å². The highest BCUT2D eigenvalue weighted by molar-refractivity contribution is 5.81. The fourth-order valence-corrected chi connectivity index (χ4v) is 4.04. The maximum Gasteiger partial charge on any atom is 0.416 e. The van der Waals surface area contributed by atoms with E-state index in [0.717, 1.165) is 24.1 Å². The summed E-state index contributed by atoms with van der Waals surface area (Å²) in [6.45, 7) is 4.63. The molecule has 1 fully saturated rings. The van der Waals surface area contributed by atoms with Crippen molar-refractivity contribution in [3.63, 3.8) is 0 Å². The molecule has 8 heteroatoms. The van der Waals surface area contributed by atoms with Crippen LogP contribution in [0.4, 0.5) is 18.9 Å². The first kappa shape index (κ1) is 25.1. The molecule has 0 radical (unpaired) electrons. The Morgan fingerprint density at radius 3 is 2.36 bits per heavy atom. The van der Waals surface area contributed by atoms with Crippen LogP contribution in [0.5, 0.6) is 0 Å². The number of carbonyl (C=O) groups excluding carboxylic acids is 1. The Morgan fingerprint density at radius 1 is 1.12 bits per heavy atom. The number of halogens is 3. The molecule has 0 aliphatic carbocycles. The number of hydrogen-bond donors (Lipinski definition) is 1. The highest BCUT2D eigenvalue weighted by Crippen LogP contribution is 2.33. The summed E-state index contributed by atoms with van der Waals surface area (Å²) < 4.78 is 45.3. The van der Waals surface area contributed by atoms with Crippen molar-refractivity contribution in [2.24, 2.45) is 0 Å². The standard InChI is InChI=1S/C25H32F3N3O2/c1-4-18-5-7-19(8-6-18)23(30(2)3)17-29-24(32)16-20-15-21(25(26,27)28)9-10-22(20)31-11-13-33-14-12-31/h5-10,15,23H,4,11-14,16-17H2,1-3H3,(H,29,32). The number of likely N-dealkylation sites (N-methyl/N-ethyl adjacent to an activating group) is 1. The predicted molar refractivity (Wildman–Crippen MR) is 123 cm³/mol. The molecule has 0 spiro atoms. The lowest BCUT2D eigenvalue weighted by Gasteiger charge is -2.31. The van der Waals surface area contributed by atoms with Crippen LogP contribution >= 0.6 is 0 Å². The van der Waals surface area contributed by atoms with E-state index in [0.29, 0.717) is 44.1 Å². The second-order valence-electron chi connectivity index (χ2n) is 8.50. The van der Waals surface area contributed by atoms with Crippen LogP contribution in [0.2, 0.25) is 0 Å². The maximum absolute atomic E-state index is 13.3. The molecule has 5 nitrogen and oxygen atoms in total. The number of morpholine rings is 1. The normalized spacial score (nSPS) is 15.5. The molecule has 1 heterocycles. The van der Waals surface area contributed by atoms with Crippen LogP contribution < -0.4 is 10.2 Å². The zero-order chi connectivity index (χ0) is 24.0. The van der Waals surface area contributed by atoms with Gasteiger partial charge in [0, 0.05) is 25.3 Å². The van der Waals surface area contributed by atoms with Crippen LogP contribution in [-0.2, 0) is 28.5 Å². The molecule has 1 saturated heterocycles. The van der Waals surface area contributed by atoms with E-state index in [1.54, 1.807) is 0 Å². The molecule has 33 heavy (non-hydrogen) atoms.